The van der Waals surface area contributed by atoms with Gasteiger partial charge in [-0.25, -0.2) is 0 Å². The predicted molar refractivity (Wildman–Crippen MR) is 77.7 cm³/mol. The zero-order valence-corrected chi connectivity index (χ0v) is 11.9. The third-order valence-electron chi connectivity index (χ3n) is 2.84. The highest BCUT2D eigenvalue weighted by Crippen LogP contribution is 2.39. The topological polar surface area (TPSA) is 45.1 Å². The lowest BCUT2D eigenvalue weighted by atomic mass is 10.0. The summed E-state index contributed by atoms with van der Waals surface area (Å²) in [6.45, 7) is 5.83. The SMILES string of the molecule is C=NC1C(C)c2ccccc2N1C.CO.COC. The van der Waals surface area contributed by atoms with E-state index in [2.05, 4.69) is 59.6 Å². The Balaban J connectivity index is 0.000000509. The third kappa shape index (κ3) is 3.55. The first kappa shape index (κ1) is 16.6. The van der Waals surface area contributed by atoms with Crippen molar-refractivity contribution in [2.75, 3.05) is 33.3 Å². The van der Waals surface area contributed by atoms with Gasteiger partial charge in [-0.3, -0.25) is 4.99 Å². The van der Waals surface area contributed by atoms with E-state index >= 15 is 0 Å². The van der Waals surface area contributed by atoms with Crippen LogP contribution >= 0.6 is 0 Å². The lowest BCUT2D eigenvalue weighted by molar-refractivity contribution is 0.277. The molecular formula is C14H24N2O2. The summed E-state index contributed by atoms with van der Waals surface area (Å²) in [6.07, 6.45) is 0.206. The maximum Gasteiger partial charge on any atom is 0.126 e. The smallest absolute Gasteiger partial charge is 0.126 e. The molecule has 1 aliphatic heterocycles. The molecule has 0 fully saturated rings. The molecule has 2 atom stereocenters. The highest BCUT2D eigenvalue weighted by Gasteiger charge is 2.31. The van der Waals surface area contributed by atoms with Gasteiger partial charge in [-0.05, 0) is 18.3 Å². The zero-order valence-electron chi connectivity index (χ0n) is 11.9. The normalized spacial score (nSPS) is 20.0. The van der Waals surface area contributed by atoms with E-state index in [0.29, 0.717) is 5.92 Å². The van der Waals surface area contributed by atoms with Crippen LogP contribution in [0.2, 0.25) is 0 Å². The molecule has 0 aliphatic carbocycles. The van der Waals surface area contributed by atoms with Gasteiger partial charge in [0.15, 0.2) is 0 Å². The Bertz CT molecular complexity index is 326. The van der Waals surface area contributed by atoms with Gasteiger partial charge in [0.2, 0.25) is 0 Å². The largest absolute Gasteiger partial charge is 0.400 e. The summed E-state index contributed by atoms with van der Waals surface area (Å²) >= 11 is 0. The molecule has 18 heavy (non-hydrogen) atoms. The van der Waals surface area contributed by atoms with Crippen LogP contribution in [0.4, 0.5) is 5.69 Å². The zero-order chi connectivity index (χ0) is 14.1. The molecule has 0 bridgehead atoms. The van der Waals surface area contributed by atoms with Crippen molar-refractivity contribution < 1.29 is 9.84 Å². The van der Waals surface area contributed by atoms with E-state index in [9.17, 15) is 0 Å². The molecule has 0 saturated heterocycles. The number of methoxy groups -OCH3 is 1. The average Bonchev–Trinajstić information content (AvgIpc) is 2.66. The van der Waals surface area contributed by atoms with Crippen LogP contribution in [0.25, 0.3) is 0 Å². The van der Waals surface area contributed by atoms with Gasteiger partial charge in [-0.1, -0.05) is 25.1 Å². The van der Waals surface area contributed by atoms with Crippen molar-refractivity contribution in [1.82, 2.24) is 0 Å². The van der Waals surface area contributed by atoms with Crippen molar-refractivity contribution in [1.29, 1.82) is 0 Å². The molecule has 2 rings (SSSR count). The molecule has 0 aromatic heterocycles. The van der Waals surface area contributed by atoms with Crippen LogP contribution in [0, 0.1) is 0 Å². The van der Waals surface area contributed by atoms with Crippen LogP contribution in [0.5, 0.6) is 0 Å². The fourth-order valence-corrected chi connectivity index (χ4v) is 2.11. The molecule has 1 aromatic rings. The fraction of sp³-hybridized carbons (Fsp3) is 0.500. The Morgan fingerprint density at radius 3 is 2.22 bits per heavy atom. The number of aliphatic hydroxyl groups excluding tert-OH is 1. The number of hydrogen-bond donors (Lipinski definition) is 1. The molecule has 0 spiro atoms. The van der Waals surface area contributed by atoms with Gasteiger partial charge in [0.1, 0.15) is 6.17 Å². The van der Waals surface area contributed by atoms with E-state index in [-0.39, 0.29) is 6.17 Å². The maximum absolute atomic E-state index is 7.00. The predicted octanol–water partition coefficient (Wildman–Crippen LogP) is 2.14. The quantitative estimate of drug-likeness (QED) is 0.779. The van der Waals surface area contributed by atoms with E-state index < -0.39 is 0 Å². The molecule has 0 radical (unpaired) electrons. The van der Waals surface area contributed by atoms with Crippen LogP contribution in [-0.4, -0.2) is 46.4 Å². The Morgan fingerprint density at radius 2 is 1.78 bits per heavy atom. The number of benzene rings is 1. The minimum atomic E-state index is 0.206. The van der Waals surface area contributed by atoms with Crippen molar-refractivity contribution in [3.63, 3.8) is 0 Å². The number of fused-ring (bicyclic) bond motifs is 1. The lowest BCUT2D eigenvalue weighted by Crippen LogP contribution is -2.27. The Morgan fingerprint density at radius 1 is 1.28 bits per heavy atom. The summed E-state index contributed by atoms with van der Waals surface area (Å²) in [5.41, 5.74) is 2.66. The second kappa shape index (κ2) is 8.66. The molecule has 1 N–H and O–H groups in total. The van der Waals surface area contributed by atoms with Crippen LogP contribution in [0.3, 0.4) is 0 Å². The van der Waals surface area contributed by atoms with Crippen molar-refractivity contribution in [2.24, 2.45) is 4.99 Å². The Hall–Kier alpha value is -1.39. The van der Waals surface area contributed by atoms with Gasteiger partial charge in [0.25, 0.3) is 0 Å². The van der Waals surface area contributed by atoms with Gasteiger partial charge in [-0.2, -0.15) is 0 Å². The number of para-hydroxylation sites is 1. The molecule has 1 aromatic carbocycles. The number of nitrogens with zero attached hydrogens (tertiary/aromatic N) is 2. The molecule has 102 valence electrons. The van der Waals surface area contributed by atoms with Crippen molar-refractivity contribution in [3.8, 4) is 0 Å². The lowest BCUT2D eigenvalue weighted by Gasteiger charge is -2.20. The third-order valence-corrected chi connectivity index (χ3v) is 2.84. The molecule has 0 saturated carbocycles. The first-order valence-electron chi connectivity index (χ1n) is 5.79. The average molecular weight is 252 g/mol. The van der Waals surface area contributed by atoms with Crippen molar-refractivity contribution in [3.05, 3.63) is 29.8 Å². The van der Waals surface area contributed by atoms with E-state index in [1.54, 1.807) is 14.2 Å². The summed E-state index contributed by atoms with van der Waals surface area (Å²) in [4.78, 5) is 6.33. The molecule has 1 heterocycles. The summed E-state index contributed by atoms with van der Waals surface area (Å²) in [6, 6.07) is 8.45. The van der Waals surface area contributed by atoms with Crippen LogP contribution < -0.4 is 4.90 Å². The van der Waals surface area contributed by atoms with Crippen LogP contribution in [0.1, 0.15) is 18.4 Å². The maximum atomic E-state index is 7.00. The number of likely N-dealkylation sites (N-methyl/N-ethyl adjacent to an activating group) is 1. The van der Waals surface area contributed by atoms with Gasteiger partial charge >= 0.3 is 0 Å². The number of hydrogen-bond acceptors (Lipinski definition) is 4. The van der Waals surface area contributed by atoms with E-state index in [4.69, 9.17) is 5.11 Å². The first-order chi connectivity index (χ1) is 8.67. The number of ether oxygens (including phenoxy) is 1. The van der Waals surface area contributed by atoms with Crippen molar-refractivity contribution >= 4 is 12.4 Å². The Labute approximate surface area is 110 Å². The van der Waals surface area contributed by atoms with E-state index in [0.717, 1.165) is 7.11 Å². The summed E-state index contributed by atoms with van der Waals surface area (Å²) < 4.78 is 4.25. The minimum Gasteiger partial charge on any atom is -0.400 e. The molecular weight excluding hydrogens is 228 g/mol. The second-order valence-electron chi connectivity index (χ2n) is 3.96. The number of aliphatic imine (C=N–C) groups is 1. The molecule has 4 heteroatoms. The van der Waals surface area contributed by atoms with Gasteiger partial charge in [0, 0.05) is 40.0 Å². The number of rotatable bonds is 1. The van der Waals surface area contributed by atoms with Gasteiger partial charge in [0.05, 0.1) is 0 Å². The fourth-order valence-electron chi connectivity index (χ4n) is 2.11. The monoisotopic (exact) mass is 252 g/mol. The second-order valence-corrected chi connectivity index (χ2v) is 3.96. The van der Waals surface area contributed by atoms with Crippen LogP contribution in [-0.2, 0) is 4.74 Å². The summed E-state index contributed by atoms with van der Waals surface area (Å²) in [7, 11) is 6.32. The highest BCUT2D eigenvalue weighted by molar-refractivity contribution is 5.61. The first-order valence-corrected chi connectivity index (χ1v) is 5.79. The van der Waals surface area contributed by atoms with E-state index in [1.807, 2.05) is 0 Å². The van der Waals surface area contributed by atoms with Crippen LogP contribution in [0.15, 0.2) is 29.3 Å². The van der Waals surface area contributed by atoms with Gasteiger partial charge in [-0.15, -0.1) is 0 Å². The number of aliphatic hydroxyl groups is 1. The van der Waals surface area contributed by atoms with Crippen molar-refractivity contribution in [2.45, 2.75) is 19.0 Å². The molecule has 4 nitrogen and oxygen atoms in total. The summed E-state index contributed by atoms with van der Waals surface area (Å²) in [5, 5.41) is 7.00. The summed E-state index contributed by atoms with van der Waals surface area (Å²) in [5.74, 6) is 0.457. The number of anilines is 1. The van der Waals surface area contributed by atoms with E-state index in [1.165, 1.54) is 11.3 Å². The standard InChI is InChI=1S/C11H14N2.C2H6O.CH4O/c1-8-9-6-4-5-7-10(9)13(3)11(8)12-2;1-3-2;1-2/h4-8,11H,2H2,1,3H3;1-2H3;2H,1H3. The molecule has 2 unspecified atom stereocenters. The highest BCUT2D eigenvalue weighted by atomic mass is 16.4. The Kier molecular flexibility index (Phi) is 8.00. The molecule has 0 amide bonds. The minimum absolute atomic E-state index is 0.206. The molecule has 1 aliphatic rings. The van der Waals surface area contributed by atoms with Gasteiger partial charge < -0.3 is 14.7 Å².